The number of para-hydroxylation sites is 1. The van der Waals surface area contributed by atoms with Crippen molar-refractivity contribution in [3.8, 4) is 11.5 Å². The molecule has 25 heavy (non-hydrogen) atoms. The van der Waals surface area contributed by atoms with Crippen LogP contribution in [0.3, 0.4) is 0 Å². The van der Waals surface area contributed by atoms with Gasteiger partial charge in [0.2, 0.25) is 11.8 Å². The third kappa shape index (κ3) is 5.93. The molecule has 0 saturated heterocycles. The van der Waals surface area contributed by atoms with Gasteiger partial charge in [-0.1, -0.05) is 32.0 Å². The molecular weight excluding hydrogens is 318 g/mol. The van der Waals surface area contributed by atoms with Crippen LogP contribution >= 0.6 is 0 Å². The van der Waals surface area contributed by atoms with Crippen molar-refractivity contribution >= 4 is 17.5 Å². The number of nitrogens with one attached hydrogen (secondary N) is 2. The number of rotatable bonds is 7. The van der Waals surface area contributed by atoms with Gasteiger partial charge in [-0.05, 0) is 42.3 Å². The first kappa shape index (κ1) is 18.5. The van der Waals surface area contributed by atoms with E-state index in [2.05, 4.69) is 10.6 Å². The average molecular weight is 341 g/mol. The maximum atomic E-state index is 11.9. The normalized spacial score (nSPS) is 11.7. The Morgan fingerprint density at radius 1 is 1.00 bits per heavy atom. The topological polar surface area (TPSA) is 93.5 Å². The fourth-order valence-electron chi connectivity index (χ4n) is 2.02. The van der Waals surface area contributed by atoms with Crippen molar-refractivity contribution in [2.75, 3.05) is 11.9 Å². The van der Waals surface area contributed by atoms with Crippen LogP contribution in [0.4, 0.5) is 5.69 Å². The molecule has 0 aliphatic rings. The van der Waals surface area contributed by atoms with Gasteiger partial charge in [0.05, 0.1) is 12.6 Å². The fourth-order valence-corrected chi connectivity index (χ4v) is 2.02. The zero-order chi connectivity index (χ0) is 18.2. The first-order valence-corrected chi connectivity index (χ1v) is 8.12. The van der Waals surface area contributed by atoms with Crippen LogP contribution in [-0.2, 0) is 9.59 Å². The highest BCUT2D eigenvalue weighted by Gasteiger charge is 2.17. The number of hydrogen-bond donors (Lipinski definition) is 3. The highest BCUT2D eigenvalue weighted by Crippen LogP contribution is 2.22. The van der Waals surface area contributed by atoms with E-state index in [1.165, 1.54) is 0 Å². The molecular formula is C19H23N3O3. The van der Waals surface area contributed by atoms with E-state index in [-0.39, 0.29) is 24.3 Å². The van der Waals surface area contributed by atoms with E-state index in [4.69, 9.17) is 10.5 Å². The van der Waals surface area contributed by atoms with E-state index in [1.54, 1.807) is 24.3 Å². The quantitative estimate of drug-likeness (QED) is 0.721. The SMILES string of the molecule is CC(C)[C@H](N)C(=O)NCC(=O)Nc1ccc(Oc2ccccc2)cc1. The van der Waals surface area contributed by atoms with Crippen molar-refractivity contribution in [2.24, 2.45) is 11.7 Å². The molecule has 6 heteroatoms. The summed E-state index contributed by atoms with van der Waals surface area (Å²) in [5.74, 6) is 0.766. The van der Waals surface area contributed by atoms with Crippen molar-refractivity contribution in [3.05, 3.63) is 54.6 Å². The fraction of sp³-hybridized carbons (Fsp3) is 0.263. The Labute approximate surface area is 147 Å². The summed E-state index contributed by atoms with van der Waals surface area (Å²) < 4.78 is 5.68. The minimum atomic E-state index is -0.623. The minimum absolute atomic E-state index is 0.0141. The lowest BCUT2D eigenvalue weighted by Crippen LogP contribution is -2.46. The van der Waals surface area contributed by atoms with Gasteiger partial charge in [0.25, 0.3) is 0 Å². The van der Waals surface area contributed by atoms with Gasteiger partial charge in [0.15, 0.2) is 0 Å². The van der Waals surface area contributed by atoms with Crippen LogP contribution in [0.25, 0.3) is 0 Å². The van der Waals surface area contributed by atoms with Gasteiger partial charge in [-0.3, -0.25) is 9.59 Å². The van der Waals surface area contributed by atoms with Crippen LogP contribution in [-0.4, -0.2) is 24.4 Å². The van der Waals surface area contributed by atoms with Gasteiger partial charge in [0, 0.05) is 5.69 Å². The summed E-state index contributed by atoms with van der Waals surface area (Å²) in [5.41, 5.74) is 6.34. The smallest absolute Gasteiger partial charge is 0.243 e. The van der Waals surface area contributed by atoms with Gasteiger partial charge in [-0.15, -0.1) is 0 Å². The van der Waals surface area contributed by atoms with Crippen LogP contribution in [0.5, 0.6) is 11.5 Å². The maximum absolute atomic E-state index is 11.9. The number of hydrogen-bond acceptors (Lipinski definition) is 4. The molecule has 0 saturated carbocycles. The van der Waals surface area contributed by atoms with E-state index >= 15 is 0 Å². The first-order valence-electron chi connectivity index (χ1n) is 8.12. The maximum Gasteiger partial charge on any atom is 0.243 e. The number of carbonyl (C=O) groups is 2. The second-order valence-electron chi connectivity index (χ2n) is 5.98. The Hall–Kier alpha value is -2.86. The molecule has 2 aromatic carbocycles. The van der Waals surface area contributed by atoms with Crippen LogP contribution < -0.4 is 21.1 Å². The molecule has 0 aliphatic carbocycles. The summed E-state index contributed by atoms with van der Waals surface area (Å²) in [6, 6.07) is 15.8. The van der Waals surface area contributed by atoms with Gasteiger partial charge in [-0.2, -0.15) is 0 Å². The van der Waals surface area contributed by atoms with Gasteiger partial charge < -0.3 is 21.1 Å². The predicted octanol–water partition coefficient (Wildman–Crippen LogP) is 2.52. The molecule has 2 rings (SSSR count). The summed E-state index contributed by atoms with van der Waals surface area (Å²) in [7, 11) is 0. The Kier molecular flexibility index (Phi) is 6.54. The van der Waals surface area contributed by atoms with Crippen LogP contribution in [0.15, 0.2) is 54.6 Å². The largest absolute Gasteiger partial charge is 0.457 e. The van der Waals surface area contributed by atoms with E-state index in [9.17, 15) is 9.59 Å². The third-order valence-electron chi connectivity index (χ3n) is 3.56. The number of amides is 2. The molecule has 0 bridgehead atoms. The summed E-state index contributed by atoms with van der Waals surface area (Å²) in [6.45, 7) is 3.58. The first-order chi connectivity index (χ1) is 12.0. The zero-order valence-electron chi connectivity index (χ0n) is 14.4. The molecule has 6 nitrogen and oxygen atoms in total. The summed E-state index contributed by atoms with van der Waals surface area (Å²) >= 11 is 0. The highest BCUT2D eigenvalue weighted by atomic mass is 16.5. The second kappa shape index (κ2) is 8.84. The number of anilines is 1. The monoisotopic (exact) mass is 341 g/mol. The summed E-state index contributed by atoms with van der Waals surface area (Å²) in [6.07, 6.45) is 0. The molecule has 0 aliphatic heterocycles. The van der Waals surface area contributed by atoms with Crippen molar-refractivity contribution in [3.63, 3.8) is 0 Å². The molecule has 2 amide bonds. The molecule has 0 spiro atoms. The molecule has 1 atom stereocenters. The lowest BCUT2D eigenvalue weighted by molar-refractivity contribution is -0.125. The van der Waals surface area contributed by atoms with Crippen LogP contribution in [0, 0.1) is 5.92 Å². The highest BCUT2D eigenvalue weighted by molar-refractivity contribution is 5.95. The van der Waals surface area contributed by atoms with E-state index in [0.29, 0.717) is 11.4 Å². The Balaban J connectivity index is 1.82. The van der Waals surface area contributed by atoms with Gasteiger partial charge in [-0.25, -0.2) is 0 Å². The summed E-state index contributed by atoms with van der Waals surface area (Å²) in [5, 5.41) is 5.23. The summed E-state index contributed by atoms with van der Waals surface area (Å²) in [4.78, 5) is 23.6. The number of ether oxygens (including phenoxy) is 1. The van der Waals surface area contributed by atoms with Crippen molar-refractivity contribution in [1.82, 2.24) is 5.32 Å². The standard InChI is InChI=1S/C19H23N3O3/c1-13(2)18(20)19(24)21-12-17(23)22-14-8-10-16(11-9-14)25-15-6-4-3-5-7-15/h3-11,13,18H,12,20H2,1-2H3,(H,21,24)(H,22,23)/t18-/m0/s1. The molecule has 0 heterocycles. The van der Waals surface area contributed by atoms with Crippen molar-refractivity contribution in [2.45, 2.75) is 19.9 Å². The van der Waals surface area contributed by atoms with Crippen molar-refractivity contribution in [1.29, 1.82) is 0 Å². The predicted molar refractivity (Wildman–Crippen MR) is 97.4 cm³/mol. The van der Waals surface area contributed by atoms with Crippen LogP contribution in [0.2, 0.25) is 0 Å². The van der Waals surface area contributed by atoms with Gasteiger partial charge >= 0.3 is 0 Å². The average Bonchev–Trinajstić information content (AvgIpc) is 2.61. The third-order valence-corrected chi connectivity index (χ3v) is 3.56. The molecule has 0 radical (unpaired) electrons. The van der Waals surface area contributed by atoms with Gasteiger partial charge in [0.1, 0.15) is 11.5 Å². The van der Waals surface area contributed by atoms with E-state index in [1.807, 2.05) is 44.2 Å². The lowest BCUT2D eigenvalue weighted by Gasteiger charge is -2.15. The Bertz CT molecular complexity index is 700. The molecule has 2 aromatic rings. The molecule has 4 N–H and O–H groups in total. The Morgan fingerprint density at radius 3 is 2.20 bits per heavy atom. The number of nitrogens with two attached hydrogens (primary N) is 1. The molecule has 0 fully saturated rings. The number of carbonyl (C=O) groups excluding carboxylic acids is 2. The molecule has 0 unspecified atom stereocenters. The van der Waals surface area contributed by atoms with E-state index in [0.717, 1.165) is 5.75 Å². The van der Waals surface area contributed by atoms with Crippen molar-refractivity contribution < 1.29 is 14.3 Å². The molecule has 0 aromatic heterocycles. The van der Waals surface area contributed by atoms with Crippen LogP contribution in [0.1, 0.15) is 13.8 Å². The number of benzene rings is 2. The minimum Gasteiger partial charge on any atom is -0.457 e. The molecule has 132 valence electrons. The second-order valence-corrected chi connectivity index (χ2v) is 5.98. The Morgan fingerprint density at radius 2 is 1.60 bits per heavy atom. The lowest BCUT2D eigenvalue weighted by atomic mass is 10.1. The van der Waals surface area contributed by atoms with E-state index < -0.39 is 6.04 Å². The zero-order valence-corrected chi connectivity index (χ0v) is 14.4.